The van der Waals surface area contributed by atoms with Crippen LogP contribution in [-0.4, -0.2) is 28.6 Å². The van der Waals surface area contributed by atoms with Gasteiger partial charge in [0.2, 0.25) is 6.79 Å². The maximum absolute atomic E-state index is 5.30. The van der Waals surface area contributed by atoms with Crippen molar-refractivity contribution >= 4 is 0 Å². The fourth-order valence-electron chi connectivity index (χ4n) is 1.61. The summed E-state index contributed by atoms with van der Waals surface area (Å²) < 4.78 is 15.7. The highest BCUT2D eigenvalue weighted by molar-refractivity contribution is 5.61. The molecule has 0 bridgehead atoms. The molecule has 0 unspecified atom stereocenters. The molecule has 2 heterocycles. The van der Waals surface area contributed by atoms with Gasteiger partial charge in [-0.1, -0.05) is 0 Å². The fraction of sp³-hybridized carbons (Fsp3) is 0.273. The Labute approximate surface area is 97.5 Å². The van der Waals surface area contributed by atoms with E-state index in [0.29, 0.717) is 18.4 Å². The first-order chi connectivity index (χ1) is 8.36. The zero-order chi connectivity index (χ0) is 11.7. The average Bonchev–Trinajstić information content (AvgIpc) is 2.96. The average molecular weight is 233 g/mol. The van der Waals surface area contributed by atoms with E-state index in [0.717, 1.165) is 17.1 Å². The van der Waals surface area contributed by atoms with Gasteiger partial charge < -0.3 is 14.2 Å². The van der Waals surface area contributed by atoms with Crippen molar-refractivity contribution in [1.82, 2.24) is 15.2 Å². The maximum Gasteiger partial charge on any atom is 0.335 e. The minimum Gasteiger partial charge on any atom is -0.463 e. The second-order valence-corrected chi connectivity index (χ2v) is 3.47. The lowest BCUT2D eigenvalue weighted by atomic mass is 10.2. The molecule has 2 aromatic rings. The number of nitrogens with zero attached hydrogens (tertiary/aromatic N) is 2. The van der Waals surface area contributed by atoms with E-state index in [1.165, 1.54) is 0 Å². The Bertz CT molecular complexity index is 539. The van der Waals surface area contributed by atoms with E-state index < -0.39 is 0 Å². The van der Waals surface area contributed by atoms with Crippen molar-refractivity contribution in [3.63, 3.8) is 0 Å². The summed E-state index contributed by atoms with van der Waals surface area (Å²) in [5, 5.41) is 6.76. The molecule has 1 aliphatic rings. The third kappa shape index (κ3) is 1.77. The Morgan fingerprint density at radius 1 is 1.35 bits per heavy atom. The SMILES string of the molecule is CCOc1n[nH]c(-c2ccc3c(c2)OCO3)n1. The van der Waals surface area contributed by atoms with E-state index in [9.17, 15) is 0 Å². The fourth-order valence-corrected chi connectivity index (χ4v) is 1.61. The molecule has 0 amide bonds. The molecule has 1 aliphatic heterocycles. The van der Waals surface area contributed by atoms with Gasteiger partial charge in [0.15, 0.2) is 17.3 Å². The zero-order valence-corrected chi connectivity index (χ0v) is 9.27. The third-order valence-electron chi connectivity index (χ3n) is 2.38. The second kappa shape index (κ2) is 3.97. The van der Waals surface area contributed by atoms with Gasteiger partial charge in [-0.15, -0.1) is 5.10 Å². The van der Waals surface area contributed by atoms with Gasteiger partial charge in [-0.3, -0.25) is 5.10 Å². The molecular formula is C11H11N3O3. The Balaban J connectivity index is 1.92. The molecule has 1 N–H and O–H groups in total. The van der Waals surface area contributed by atoms with Gasteiger partial charge in [0.25, 0.3) is 0 Å². The number of rotatable bonds is 3. The first kappa shape index (κ1) is 9.95. The largest absolute Gasteiger partial charge is 0.463 e. The standard InChI is InChI=1S/C11H11N3O3/c1-2-15-11-12-10(13-14-11)7-3-4-8-9(5-7)17-6-16-8/h3-5H,2,6H2,1H3,(H,12,13,14). The monoisotopic (exact) mass is 233 g/mol. The molecule has 0 atom stereocenters. The Morgan fingerprint density at radius 3 is 3.12 bits per heavy atom. The van der Waals surface area contributed by atoms with Crippen molar-refractivity contribution < 1.29 is 14.2 Å². The van der Waals surface area contributed by atoms with Gasteiger partial charge in [0.05, 0.1) is 6.61 Å². The second-order valence-electron chi connectivity index (χ2n) is 3.47. The lowest BCUT2D eigenvalue weighted by Gasteiger charge is -1.98. The molecule has 17 heavy (non-hydrogen) atoms. The van der Waals surface area contributed by atoms with Crippen molar-refractivity contribution in [3.8, 4) is 28.9 Å². The van der Waals surface area contributed by atoms with Crippen LogP contribution in [0.5, 0.6) is 17.5 Å². The van der Waals surface area contributed by atoms with Crippen molar-refractivity contribution in [2.45, 2.75) is 6.92 Å². The molecule has 0 saturated carbocycles. The van der Waals surface area contributed by atoms with E-state index >= 15 is 0 Å². The van der Waals surface area contributed by atoms with Gasteiger partial charge >= 0.3 is 6.01 Å². The van der Waals surface area contributed by atoms with Crippen LogP contribution in [0.3, 0.4) is 0 Å². The molecule has 1 aromatic carbocycles. The van der Waals surface area contributed by atoms with Crippen LogP contribution in [-0.2, 0) is 0 Å². The highest BCUT2D eigenvalue weighted by Gasteiger charge is 2.15. The van der Waals surface area contributed by atoms with E-state index in [4.69, 9.17) is 14.2 Å². The molecule has 0 fully saturated rings. The van der Waals surface area contributed by atoms with Crippen LogP contribution in [0.2, 0.25) is 0 Å². The summed E-state index contributed by atoms with van der Waals surface area (Å²) in [5.41, 5.74) is 0.882. The molecular weight excluding hydrogens is 222 g/mol. The van der Waals surface area contributed by atoms with Crippen LogP contribution in [0.25, 0.3) is 11.4 Å². The summed E-state index contributed by atoms with van der Waals surface area (Å²) in [6.07, 6.45) is 0. The smallest absolute Gasteiger partial charge is 0.335 e. The maximum atomic E-state index is 5.30. The van der Waals surface area contributed by atoms with Crippen LogP contribution in [0.15, 0.2) is 18.2 Å². The predicted octanol–water partition coefficient (Wildman–Crippen LogP) is 1.60. The number of ether oxygens (including phenoxy) is 3. The molecule has 1 aromatic heterocycles. The Hall–Kier alpha value is -2.24. The van der Waals surface area contributed by atoms with E-state index in [-0.39, 0.29) is 6.79 Å². The van der Waals surface area contributed by atoms with E-state index in [1.54, 1.807) is 0 Å². The first-order valence-corrected chi connectivity index (χ1v) is 5.32. The highest BCUT2D eigenvalue weighted by Crippen LogP contribution is 2.35. The summed E-state index contributed by atoms with van der Waals surface area (Å²) in [5.74, 6) is 2.11. The summed E-state index contributed by atoms with van der Waals surface area (Å²) in [7, 11) is 0. The van der Waals surface area contributed by atoms with Crippen LogP contribution in [0.4, 0.5) is 0 Å². The van der Waals surface area contributed by atoms with Crippen molar-refractivity contribution in [2.75, 3.05) is 13.4 Å². The van der Waals surface area contributed by atoms with Crippen molar-refractivity contribution in [1.29, 1.82) is 0 Å². The summed E-state index contributed by atoms with van der Waals surface area (Å²) >= 11 is 0. The number of H-pyrrole nitrogens is 1. The lowest BCUT2D eigenvalue weighted by molar-refractivity contribution is 0.174. The molecule has 6 heteroatoms. The van der Waals surface area contributed by atoms with Crippen LogP contribution in [0.1, 0.15) is 6.92 Å². The number of hydrogen-bond donors (Lipinski definition) is 1. The van der Waals surface area contributed by atoms with Crippen molar-refractivity contribution in [2.24, 2.45) is 0 Å². The quantitative estimate of drug-likeness (QED) is 0.871. The van der Waals surface area contributed by atoms with Crippen LogP contribution in [0, 0.1) is 0 Å². The normalized spacial score (nSPS) is 12.8. The highest BCUT2D eigenvalue weighted by atomic mass is 16.7. The summed E-state index contributed by atoms with van der Waals surface area (Å²) in [4.78, 5) is 4.21. The Morgan fingerprint density at radius 2 is 2.24 bits per heavy atom. The Kier molecular flexibility index (Phi) is 2.32. The minimum absolute atomic E-state index is 0.263. The van der Waals surface area contributed by atoms with Crippen molar-refractivity contribution in [3.05, 3.63) is 18.2 Å². The molecule has 6 nitrogen and oxygen atoms in total. The van der Waals surface area contributed by atoms with Gasteiger partial charge in [-0.05, 0) is 25.1 Å². The zero-order valence-electron chi connectivity index (χ0n) is 9.27. The predicted molar refractivity (Wildman–Crippen MR) is 59.1 cm³/mol. The molecule has 0 aliphatic carbocycles. The van der Waals surface area contributed by atoms with Gasteiger partial charge in [-0.25, -0.2) is 0 Å². The molecule has 88 valence electrons. The van der Waals surface area contributed by atoms with Crippen LogP contribution >= 0.6 is 0 Å². The molecule has 0 spiro atoms. The van der Waals surface area contributed by atoms with Gasteiger partial charge in [-0.2, -0.15) is 4.98 Å². The van der Waals surface area contributed by atoms with Gasteiger partial charge in [0.1, 0.15) is 0 Å². The van der Waals surface area contributed by atoms with E-state index in [1.807, 2.05) is 25.1 Å². The summed E-state index contributed by atoms with van der Waals surface area (Å²) in [6.45, 7) is 2.69. The van der Waals surface area contributed by atoms with Crippen LogP contribution < -0.4 is 14.2 Å². The summed E-state index contributed by atoms with van der Waals surface area (Å²) in [6, 6.07) is 5.95. The number of nitrogens with one attached hydrogen (secondary N) is 1. The lowest BCUT2D eigenvalue weighted by Crippen LogP contribution is -1.93. The first-order valence-electron chi connectivity index (χ1n) is 5.32. The number of hydrogen-bond acceptors (Lipinski definition) is 5. The number of fused-ring (bicyclic) bond motifs is 1. The number of benzene rings is 1. The molecule has 3 rings (SSSR count). The number of aromatic nitrogens is 3. The molecule has 0 radical (unpaired) electrons. The minimum atomic E-state index is 0.263. The molecule has 0 saturated heterocycles. The van der Waals surface area contributed by atoms with Gasteiger partial charge in [0, 0.05) is 5.56 Å². The van der Waals surface area contributed by atoms with E-state index in [2.05, 4.69) is 15.2 Å². The third-order valence-corrected chi connectivity index (χ3v) is 2.38. The topological polar surface area (TPSA) is 69.3 Å². The number of aromatic amines is 1.